The molecule has 0 aliphatic rings. The zero-order valence-electron chi connectivity index (χ0n) is 10.0. The summed E-state index contributed by atoms with van der Waals surface area (Å²) in [6.07, 6.45) is 1.01. The predicted octanol–water partition coefficient (Wildman–Crippen LogP) is 5.67. The van der Waals surface area contributed by atoms with Crippen molar-refractivity contribution in [1.29, 1.82) is 0 Å². The average molecular weight is 346 g/mol. The van der Waals surface area contributed by atoms with Crippen LogP contribution in [-0.2, 0) is 0 Å². The molecular formula is C14H14BrClOS. The maximum atomic E-state index is 6.16. The van der Waals surface area contributed by atoms with Crippen LogP contribution in [0.2, 0.25) is 5.02 Å². The van der Waals surface area contributed by atoms with E-state index in [2.05, 4.69) is 35.0 Å². The summed E-state index contributed by atoms with van der Waals surface area (Å²) in [5.74, 6) is 0.909. The lowest BCUT2D eigenvalue weighted by Crippen LogP contribution is -1.96. The van der Waals surface area contributed by atoms with E-state index in [1.807, 2.05) is 23.6 Å². The highest BCUT2D eigenvalue weighted by Gasteiger charge is 2.15. The molecule has 0 N–H and O–H groups in total. The van der Waals surface area contributed by atoms with E-state index in [-0.39, 0.29) is 4.83 Å². The summed E-state index contributed by atoms with van der Waals surface area (Å²) in [7, 11) is 0. The van der Waals surface area contributed by atoms with Crippen LogP contribution >= 0.6 is 38.9 Å². The molecule has 1 aromatic carbocycles. The van der Waals surface area contributed by atoms with Gasteiger partial charge in [-0.15, -0.1) is 11.3 Å². The molecule has 0 aliphatic heterocycles. The topological polar surface area (TPSA) is 9.23 Å². The van der Waals surface area contributed by atoms with Gasteiger partial charge in [-0.05, 0) is 35.6 Å². The van der Waals surface area contributed by atoms with Crippen molar-refractivity contribution in [3.8, 4) is 5.75 Å². The van der Waals surface area contributed by atoms with Crippen molar-refractivity contribution in [3.05, 3.63) is 51.2 Å². The zero-order valence-corrected chi connectivity index (χ0v) is 13.2. The Balaban J connectivity index is 2.20. The van der Waals surface area contributed by atoms with Gasteiger partial charge in [0.1, 0.15) is 5.75 Å². The maximum Gasteiger partial charge on any atom is 0.119 e. The van der Waals surface area contributed by atoms with E-state index in [1.54, 1.807) is 11.3 Å². The highest BCUT2D eigenvalue weighted by Crippen LogP contribution is 2.39. The molecule has 0 saturated carbocycles. The summed E-state index contributed by atoms with van der Waals surface area (Å²) in [4.78, 5) is 1.25. The molecule has 0 radical (unpaired) electrons. The Morgan fingerprint density at radius 2 is 2.22 bits per heavy atom. The molecule has 0 amide bonds. The molecule has 0 spiro atoms. The lowest BCUT2D eigenvalue weighted by Gasteiger charge is -2.11. The molecule has 2 aromatic rings. The number of rotatable bonds is 5. The van der Waals surface area contributed by atoms with E-state index >= 15 is 0 Å². The van der Waals surface area contributed by atoms with Crippen LogP contribution in [0.1, 0.15) is 28.6 Å². The number of thiophene rings is 1. The molecule has 0 bridgehead atoms. The number of halogens is 2. The molecular weight excluding hydrogens is 332 g/mol. The smallest absolute Gasteiger partial charge is 0.119 e. The second-order valence-electron chi connectivity index (χ2n) is 3.92. The number of benzene rings is 1. The van der Waals surface area contributed by atoms with E-state index in [0.29, 0.717) is 0 Å². The summed E-state index contributed by atoms with van der Waals surface area (Å²) in [5.41, 5.74) is 1.16. The van der Waals surface area contributed by atoms with E-state index < -0.39 is 0 Å². The van der Waals surface area contributed by atoms with Crippen LogP contribution in [0.15, 0.2) is 35.7 Å². The average Bonchev–Trinajstić information content (AvgIpc) is 2.82. The SMILES string of the molecule is CCCOc1cccc(C(Br)c2sccc2Cl)c1. The van der Waals surface area contributed by atoms with Crippen molar-refractivity contribution < 1.29 is 4.74 Å². The molecule has 1 unspecified atom stereocenters. The van der Waals surface area contributed by atoms with Crippen LogP contribution in [0.5, 0.6) is 5.75 Å². The monoisotopic (exact) mass is 344 g/mol. The van der Waals surface area contributed by atoms with Crippen LogP contribution in [0.3, 0.4) is 0 Å². The van der Waals surface area contributed by atoms with Gasteiger partial charge in [0.05, 0.1) is 16.5 Å². The van der Waals surface area contributed by atoms with Gasteiger partial charge in [0.25, 0.3) is 0 Å². The van der Waals surface area contributed by atoms with Crippen LogP contribution in [0.4, 0.5) is 0 Å². The van der Waals surface area contributed by atoms with E-state index in [4.69, 9.17) is 16.3 Å². The Labute approximate surface area is 125 Å². The Morgan fingerprint density at radius 1 is 1.39 bits per heavy atom. The quantitative estimate of drug-likeness (QED) is 0.634. The van der Waals surface area contributed by atoms with Crippen molar-refractivity contribution in [2.45, 2.75) is 18.2 Å². The third kappa shape index (κ3) is 3.28. The van der Waals surface area contributed by atoms with Crippen LogP contribution in [-0.4, -0.2) is 6.61 Å². The summed E-state index contributed by atoms with van der Waals surface area (Å²) in [6.45, 7) is 2.85. The number of hydrogen-bond donors (Lipinski definition) is 0. The first-order chi connectivity index (χ1) is 8.72. The minimum Gasteiger partial charge on any atom is -0.494 e. The first kappa shape index (κ1) is 13.9. The van der Waals surface area contributed by atoms with Crippen molar-refractivity contribution in [2.75, 3.05) is 6.61 Å². The third-order valence-electron chi connectivity index (χ3n) is 2.50. The van der Waals surface area contributed by atoms with E-state index in [1.165, 1.54) is 0 Å². The van der Waals surface area contributed by atoms with Crippen molar-refractivity contribution in [1.82, 2.24) is 0 Å². The molecule has 1 heterocycles. The fourth-order valence-electron chi connectivity index (χ4n) is 1.62. The summed E-state index contributed by atoms with van der Waals surface area (Å²) in [5, 5.41) is 2.81. The van der Waals surface area contributed by atoms with Gasteiger partial charge in [-0.3, -0.25) is 0 Å². The molecule has 1 aromatic heterocycles. The van der Waals surface area contributed by atoms with Gasteiger partial charge in [0.2, 0.25) is 0 Å². The molecule has 2 rings (SSSR count). The second-order valence-corrected chi connectivity index (χ2v) is 6.19. The molecule has 0 saturated heterocycles. The Kier molecular flexibility index (Phi) is 5.10. The normalized spacial score (nSPS) is 12.4. The highest BCUT2D eigenvalue weighted by molar-refractivity contribution is 9.09. The zero-order chi connectivity index (χ0) is 13.0. The highest BCUT2D eigenvalue weighted by atomic mass is 79.9. The summed E-state index contributed by atoms with van der Waals surface area (Å²) >= 11 is 11.5. The van der Waals surface area contributed by atoms with Gasteiger partial charge in [0, 0.05) is 4.88 Å². The predicted molar refractivity (Wildman–Crippen MR) is 82.3 cm³/mol. The Hall–Kier alpha value is -0.510. The summed E-state index contributed by atoms with van der Waals surface area (Å²) in [6, 6.07) is 10.1. The second kappa shape index (κ2) is 6.60. The van der Waals surface area contributed by atoms with Crippen molar-refractivity contribution in [3.63, 3.8) is 0 Å². The van der Waals surface area contributed by atoms with E-state index in [9.17, 15) is 0 Å². The largest absolute Gasteiger partial charge is 0.494 e. The molecule has 1 nitrogen and oxygen atoms in total. The van der Waals surface area contributed by atoms with Gasteiger partial charge < -0.3 is 4.74 Å². The fourth-order valence-corrected chi connectivity index (χ4v) is 3.77. The van der Waals surface area contributed by atoms with E-state index in [0.717, 1.165) is 34.2 Å². The number of ether oxygens (including phenoxy) is 1. The van der Waals surface area contributed by atoms with Gasteiger partial charge >= 0.3 is 0 Å². The van der Waals surface area contributed by atoms with Gasteiger partial charge in [-0.25, -0.2) is 0 Å². The van der Waals surface area contributed by atoms with Gasteiger partial charge in [-0.1, -0.05) is 46.6 Å². The van der Waals surface area contributed by atoms with Gasteiger partial charge in [-0.2, -0.15) is 0 Å². The molecule has 0 aliphatic carbocycles. The molecule has 18 heavy (non-hydrogen) atoms. The number of hydrogen-bond acceptors (Lipinski definition) is 2. The van der Waals surface area contributed by atoms with Crippen LogP contribution in [0, 0.1) is 0 Å². The van der Waals surface area contributed by atoms with Crippen LogP contribution in [0.25, 0.3) is 0 Å². The first-order valence-corrected chi connectivity index (χ1v) is 7.99. The molecule has 96 valence electrons. The number of alkyl halides is 1. The fraction of sp³-hybridized carbons (Fsp3) is 0.286. The maximum absolute atomic E-state index is 6.16. The van der Waals surface area contributed by atoms with Crippen LogP contribution < -0.4 is 4.74 Å². The standard InChI is InChI=1S/C14H14BrClOS/c1-2-7-17-11-5-3-4-10(9-11)13(15)14-12(16)6-8-18-14/h3-6,8-9,13H,2,7H2,1H3. The Morgan fingerprint density at radius 3 is 2.89 bits per heavy atom. The minimum absolute atomic E-state index is 0.121. The molecule has 4 heteroatoms. The third-order valence-corrected chi connectivity index (χ3v) is 5.21. The molecule has 0 fully saturated rings. The summed E-state index contributed by atoms with van der Waals surface area (Å²) < 4.78 is 5.64. The van der Waals surface area contributed by atoms with Crippen molar-refractivity contribution >= 4 is 38.9 Å². The lowest BCUT2D eigenvalue weighted by atomic mass is 10.1. The minimum atomic E-state index is 0.121. The Bertz CT molecular complexity index is 512. The molecule has 1 atom stereocenters. The lowest BCUT2D eigenvalue weighted by molar-refractivity contribution is 0.317. The van der Waals surface area contributed by atoms with Crippen molar-refractivity contribution in [2.24, 2.45) is 0 Å². The van der Waals surface area contributed by atoms with Gasteiger partial charge in [0.15, 0.2) is 0 Å². The first-order valence-electron chi connectivity index (χ1n) is 5.82.